The fourth-order valence-electron chi connectivity index (χ4n) is 5.20. The lowest BCUT2D eigenvalue weighted by molar-refractivity contribution is -0.134. The number of allylic oxidation sites excluding steroid dienone is 1. The van der Waals surface area contributed by atoms with Gasteiger partial charge in [0.1, 0.15) is 11.4 Å². The fourth-order valence-corrected chi connectivity index (χ4v) is 5.20. The van der Waals surface area contributed by atoms with Crippen molar-refractivity contribution in [3.05, 3.63) is 47.1 Å². The Labute approximate surface area is 172 Å². The lowest BCUT2D eigenvalue weighted by Crippen LogP contribution is -2.48. The van der Waals surface area contributed by atoms with Crippen molar-refractivity contribution in [1.29, 1.82) is 0 Å². The Balaban J connectivity index is 1.67. The van der Waals surface area contributed by atoms with Gasteiger partial charge in [0.2, 0.25) is 0 Å². The van der Waals surface area contributed by atoms with Gasteiger partial charge in [-0.15, -0.1) is 0 Å². The van der Waals surface area contributed by atoms with Crippen LogP contribution in [0.2, 0.25) is 0 Å². The van der Waals surface area contributed by atoms with Gasteiger partial charge in [0, 0.05) is 24.5 Å². The number of hydrogen-bond acceptors (Lipinski definition) is 4. The van der Waals surface area contributed by atoms with Crippen molar-refractivity contribution in [3.8, 4) is 5.75 Å². The summed E-state index contributed by atoms with van der Waals surface area (Å²) in [5, 5.41) is 10.0. The minimum atomic E-state index is -0.878. The molecule has 5 nitrogen and oxygen atoms in total. The normalized spacial score (nSPS) is 32.0. The molecular weight excluding hydrogens is 368 g/mol. The number of ether oxygens (including phenoxy) is 3. The minimum Gasteiger partial charge on any atom is -0.497 e. The molecule has 4 rings (SSSR count). The van der Waals surface area contributed by atoms with Crippen LogP contribution in [0.4, 0.5) is 0 Å². The van der Waals surface area contributed by atoms with Crippen molar-refractivity contribution in [2.75, 3.05) is 20.8 Å². The number of aliphatic carboxylic acids is 1. The first-order valence-electron chi connectivity index (χ1n) is 10.5. The van der Waals surface area contributed by atoms with Crippen LogP contribution < -0.4 is 4.74 Å². The van der Waals surface area contributed by atoms with Gasteiger partial charge in [-0.2, -0.15) is 0 Å². The fraction of sp³-hybridized carbons (Fsp3) is 0.542. The van der Waals surface area contributed by atoms with E-state index in [1.54, 1.807) is 20.3 Å². The molecule has 4 atom stereocenters. The lowest BCUT2D eigenvalue weighted by atomic mass is 9.65. The summed E-state index contributed by atoms with van der Waals surface area (Å²) < 4.78 is 17.2. The first kappa shape index (κ1) is 20.2. The third kappa shape index (κ3) is 3.99. The molecule has 0 amide bonds. The molecule has 5 heteroatoms. The zero-order valence-electron chi connectivity index (χ0n) is 17.2. The van der Waals surface area contributed by atoms with E-state index in [4.69, 9.17) is 14.2 Å². The van der Waals surface area contributed by atoms with Gasteiger partial charge in [-0.1, -0.05) is 23.8 Å². The van der Waals surface area contributed by atoms with Gasteiger partial charge in [-0.3, -0.25) is 0 Å². The number of carboxylic acid groups (broad SMARTS) is 1. The Morgan fingerprint density at radius 2 is 2.00 bits per heavy atom. The maximum Gasteiger partial charge on any atom is 0.331 e. The standard InChI is InChI=1S/C24H30O5/c1-27-18-10-8-16(9-11-18)14-20(23(25)26)19-12-13-24(15-29-24)21(22(19)28-2)17-6-4-3-5-7-17/h6,8-11,14,19,21-22H,3-5,7,12-13,15H2,1-2H3,(H,25,26)/t19-,21+,22+,24+/m1/s1. The maximum atomic E-state index is 12.3. The molecule has 0 bridgehead atoms. The molecule has 156 valence electrons. The van der Waals surface area contributed by atoms with E-state index in [9.17, 15) is 9.90 Å². The van der Waals surface area contributed by atoms with Gasteiger partial charge in [-0.25, -0.2) is 4.79 Å². The predicted molar refractivity (Wildman–Crippen MR) is 111 cm³/mol. The van der Waals surface area contributed by atoms with E-state index in [2.05, 4.69) is 6.08 Å². The number of carboxylic acids is 1. The second-order valence-corrected chi connectivity index (χ2v) is 8.38. The van der Waals surface area contributed by atoms with E-state index in [-0.39, 0.29) is 23.5 Å². The van der Waals surface area contributed by atoms with E-state index >= 15 is 0 Å². The Hall–Kier alpha value is -2.11. The summed E-state index contributed by atoms with van der Waals surface area (Å²) in [4.78, 5) is 12.3. The van der Waals surface area contributed by atoms with Crippen LogP contribution in [0.3, 0.4) is 0 Å². The van der Waals surface area contributed by atoms with Gasteiger partial charge in [0.15, 0.2) is 0 Å². The van der Waals surface area contributed by atoms with E-state index in [1.165, 1.54) is 18.4 Å². The summed E-state index contributed by atoms with van der Waals surface area (Å²) >= 11 is 0. The molecule has 1 aliphatic heterocycles. The highest BCUT2D eigenvalue weighted by Gasteiger charge is 2.60. The van der Waals surface area contributed by atoms with E-state index in [0.717, 1.165) is 43.6 Å². The molecule has 0 unspecified atom stereocenters. The number of rotatable bonds is 6. The van der Waals surface area contributed by atoms with Gasteiger partial charge in [0.25, 0.3) is 0 Å². The predicted octanol–water partition coefficient (Wildman–Crippen LogP) is 4.47. The number of carbonyl (C=O) groups is 1. The minimum absolute atomic E-state index is 0.144. The van der Waals surface area contributed by atoms with Crippen LogP contribution in [-0.2, 0) is 14.3 Å². The van der Waals surface area contributed by atoms with Crippen LogP contribution >= 0.6 is 0 Å². The van der Waals surface area contributed by atoms with Crippen LogP contribution in [0.15, 0.2) is 41.5 Å². The molecule has 0 radical (unpaired) electrons. The number of hydrogen-bond donors (Lipinski definition) is 1. The highest BCUT2D eigenvalue weighted by molar-refractivity contribution is 5.93. The number of epoxide rings is 1. The number of methoxy groups -OCH3 is 2. The molecule has 3 aliphatic rings. The first-order chi connectivity index (χ1) is 14.1. The van der Waals surface area contributed by atoms with Crippen LogP contribution in [0.25, 0.3) is 6.08 Å². The van der Waals surface area contributed by atoms with Crippen molar-refractivity contribution in [2.45, 2.75) is 50.2 Å². The summed E-state index contributed by atoms with van der Waals surface area (Å²) in [5.74, 6) is -0.145. The van der Waals surface area contributed by atoms with E-state index < -0.39 is 5.97 Å². The van der Waals surface area contributed by atoms with Gasteiger partial charge < -0.3 is 19.3 Å². The second kappa shape index (κ2) is 8.33. The van der Waals surface area contributed by atoms with Gasteiger partial charge in [0.05, 0.1) is 19.8 Å². The van der Waals surface area contributed by atoms with Crippen LogP contribution in [0, 0.1) is 11.8 Å². The SMILES string of the molecule is COc1ccc(C=C(C(=O)O)[C@H]2CC[C@]3(CO3)[C@@H](C3=CCCCC3)[C@H]2OC)cc1. The average molecular weight is 398 g/mol. The van der Waals surface area contributed by atoms with Crippen molar-refractivity contribution in [2.24, 2.45) is 11.8 Å². The molecule has 0 aromatic heterocycles. The Morgan fingerprint density at radius 3 is 2.55 bits per heavy atom. The highest BCUT2D eigenvalue weighted by atomic mass is 16.6. The largest absolute Gasteiger partial charge is 0.497 e. The van der Waals surface area contributed by atoms with Gasteiger partial charge >= 0.3 is 5.97 Å². The summed E-state index contributed by atoms with van der Waals surface area (Å²) in [5.41, 5.74) is 2.53. The summed E-state index contributed by atoms with van der Waals surface area (Å²) in [6.07, 6.45) is 10.2. The van der Waals surface area contributed by atoms with Crippen molar-refractivity contribution in [3.63, 3.8) is 0 Å². The molecule has 1 aromatic carbocycles. The molecule has 2 fully saturated rings. The molecule has 1 saturated heterocycles. The average Bonchev–Trinajstić information content (AvgIpc) is 3.52. The molecule has 1 spiro atoms. The third-order valence-electron chi connectivity index (χ3n) is 6.77. The monoisotopic (exact) mass is 398 g/mol. The molecule has 2 aliphatic carbocycles. The van der Waals surface area contributed by atoms with Crippen molar-refractivity contribution in [1.82, 2.24) is 0 Å². The zero-order valence-corrected chi connectivity index (χ0v) is 17.2. The Bertz CT molecular complexity index is 803. The van der Waals surface area contributed by atoms with Crippen molar-refractivity contribution < 1.29 is 24.1 Å². The lowest BCUT2D eigenvalue weighted by Gasteiger charge is -2.43. The molecule has 1 aromatic rings. The summed E-state index contributed by atoms with van der Waals surface area (Å²) in [6, 6.07) is 7.48. The maximum absolute atomic E-state index is 12.3. The second-order valence-electron chi connectivity index (χ2n) is 8.38. The Morgan fingerprint density at radius 1 is 1.24 bits per heavy atom. The quantitative estimate of drug-likeness (QED) is 0.435. The van der Waals surface area contributed by atoms with Gasteiger partial charge in [-0.05, 0) is 62.3 Å². The highest BCUT2D eigenvalue weighted by Crippen LogP contribution is 2.54. The van der Waals surface area contributed by atoms with Crippen LogP contribution in [-0.4, -0.2) is 43.6 Å². The van der Waals surface area contributed by atoms with Crippen LogP contribution in [0.1, 0.15) is 44.1 Å². The van der Waals surface area contributed by atoms with E-state index in [0.29, 0.717) is 5.57 Å². The topological polar surface area (TPSA) is 68.3 Å². The Kier molecular flexibility index (Phi) is 5.79. The number of benzene rings is 1. The first-order valence-corrected chi connectivity index (χ1v) is 10.5. The summed E-state index contributed by atoms with van der Waals surface area (Å²) in [7, 11) is 3.33. The molecular formula is C24H30O5. The molecule has 1 N–H and O–H groups in total. The zero-order chi connectivity index (χ0) is 20.4. The van der Waals surface area contributed by atoms with Crippen LogP contribution in [0.5, 0.6) is 5.75 Å². The molecule has 1 heterocycles. The van der Waals surface area contributed by atoms with E-state index in [1.807, 2.05) is 24.3 Å². The van der Waals surface area contributed by atoms with Crippen molar-refractivity contribution >= 4 is 12.0 Å². The summed E-state index contributed by atoms with van der Waals surface area (Å²) in [6.45, 7) is 0.756. The molecule has 1 saturated carbocycles. The third-order valence-corrected chi connectivity index (χ3v) is 6.77. The molecule has 29 heavy (non-hydrogen) atoms. The smallest absolute Gasteiger partial charge is 0.331 e.